The summed E-state index contributed by atoms with van der Waals surface area (Å²) in [6.07, 6.45) is 2.49. The lowest BCUT2D eigenvalue weighted by Gasteiger charge is -2.26. The SMILES string of the molecule is C=CCC(NN1C(=O)c2ccccc2C1=O)C(C)C. The number of nitrogens with one attached hydrogen (secondary N) is 1. The van der Waals surface area contributed by atoms with Crippen LogP contribution in [0.3, 0.4) is 0 Å². The van der Waals surface area contributed by atoms with Gasteiger partial charge in [0.25, 0.3) is 11.8 Å². The fourth-order valence-corrected chi connectivity index (χ4v) is 2.13. The Morgan fingerprint density at radius 3 is 2.16 bits per heavy atom. The van der Waals surface area contributed by atoms with Gasteiger partial charge in [0.05, 0.1) is 11.1 Å². The van der Waals surface area contributed by atoms with E-state index in [1.165, 1.54) is 0 Å². The molecule has 1 aliphatic rings. The summed E-state index contributed by atoms with van der Waals surface area (Å²) >= 11 is 0. The smallest absolute Gasteiger partial charge is 0.267 e. The van der Waals surface area contributed by atoms with Gasteiger partial charge in [-0.1, -0.05) is 32.1 Å². The van der Waals surface area contributed by atoms with Crippen molar-refractivity contribution in [2.24, 2.45) is 5.92 Å². The van der Waals surface area contributed by atoms with Crippen LogP contribution in [-0.2, 0) is 0 Å². The average Bonchev–Trinajstić information content (AvgIpc) is 2.63. The molecule has 2 rings (SSSR count). The van der Waals surface area contributed by atoms with Crippen LogP contribution in [0.15, 0.2) is 36.9 Å². The fraction of sp³-hybridized carbons (Fsp3) is 0.333. The topological polar surface area (TPSA) is 49.4 Å². The van der Waals surface area contributed by atoms with Crippen LogP contribution < -0.4 is 5.43 Å². The van der Waals surface area contributed by atoms with Gasteiger partial charge in [-0.2, -0.15) is 0 Å². The highest BCUT2D eigenvalue weighted by atomic mass is 16.2. The second-order valence-corrected chi connectivity index (χ2v) is 5.00. The van der Waals surface area contributed by atoms with Crippen molar-refractivity contribution in [2.45, 2.75) is 26.3 Å². The molecular weight excluding hydrogens is 240 g/mol. The highest BCUT2D eigenvalue weighted by Gasteiger charge is 2.36. The third kappa shape index (κ3) is 2.44. The maximum Gasteiger partial charge on any atom is 0.276 e. The summed E-state index contributed by atoms with van der Waals surface area (Å²) in [5.41, 5.74) is 3.94. The third-order valence-electron chi connectivity index (χ3n) is 3.31. The van der Waals surface area contributed by atoms with Gasteiger partial charge < -0.3 is 0 Å². The van der Waals surface area contributed by atoms with E-state index in [0.29, 0.717) is 23.5 Å². The first-order valence-electron chi connectivity index (χ1n) is 6.41. The normalized spacial score (nSPS) is 15.8. The van der Waals surface area contributed by atoms with Crippen LogP contribution in [0.2, 0.25) is 0 Å². The number of hydrazine groups is 1. The summed E-state index contributed by atoms with van der Waals surface area (Å²) in [4.78, 5) is 24.4. The minimum Gasteiger partial charge on any atom is -0.267 e. The fourth-order valence-electron chi connectivity index (χ4n) is 2.13. The Bertz CT molecular complexity index is 488. The van der Waals surface area contributed by atoms with Crippen molar-refractivity contribution in [3.8, 4) is 0 Å². The number of carbonyl (C=O) groups is 2. The zero-order valence-corrected chi connectivity index (χ0v) is 11.2. The van der Waals surface area contributed by atoms with Gasteiger partial charge in [-0.25, -0.2) is 10.4 Å². The third-order valence-corrected chi connectivity index (χ3v) is 3.31. The Labute approximate surface area is 113 Å². The molecule has 19 heavy (non-hydrogen) atoms. The van der Waals surface area contributed by atoms with Gasteiger partial charge in [0.1, 0.15) is 0 Å². The van der Waals surface area contributed by atoms with Crippen molar-refractivity contribution in [3.05, 3.63) is 48.0 Å². The molecule has 0 fully saturated rings. The van der Waals surface area contributed by atoms with Crippen molar-refractivity contribution >= 4 is 11.8 Å². The van der Waals surface area contributed by atoms with Gasteiger partial charge in [-0.3, -0.25) is 9.59 Å². The Kier molecular flexibility index (Phi) is 3.81. The molecule has 1 atom stereocenters. The Morgan fingerprint density at radius 1 is 1.21 bits per heavy atom. The Morgan fingerprint density at radius 2 is 1.74 bits per heavy atom. The summed E-state index contributed by atoms with van der Waals surface area (Å²) in [5, 5.41) is 1.12. The van der Waals surface area contributed by atoms with Crippen LogP contribution >= 0.6 is 0 Å². The monoisotopic (exact) mass is 258 g/mol. The maximum absolute atomic E-state index is 12.2. The standard InChI is InChI=1S/C15H18N2O2/c1-4-7-13(10(2)3)16-17-14(18)11-8-5-6-9-12(11)15(17)19/h4-6,8-10,13,16H,1,7H2,2-3H3. The molecular formula is C15H18N2O2. The first kappa shape index (κ1) is 13.5. The summed E-state index contributed by atoms with van der Waals surface area (Å²) in [6, 6.07) is 6.89. The van der Waals surface area contributed by atoms with Gasteiger partial charge in [0.15, 0.2) is 0 Å². The molecule has 1 heterocycles. The zero-order valence-electron chi connectivity index (χ0n) is 11.2. The molecule has 100 valence electrons. The number of hydrogen-bond acceptors (Lipinski definition) is 3. The molecule has 0 bridgehead atoms. The molecule has 1 aromatic carbocycles. The molecule has 2 amide bonds. The molecule has 1 aromatic rings. The quantitative estimate of drug-likeness (QED) is 0.651. The molecule has 0 saturated heterocycles. The molecule has 4 heteroatoms. The average molecular weight is 258 g/mol. The number of rotatable bonds is 5. The molecule has 1 aliphatic heterocycles. The van der Waals surface area contributed by atoms with E-state index in [2.05, 4.69) is 12.0 Å². The number of carbonyl (C=O) groups excluding carboxylic acids is 2. The van der Waals surface area contributed by atoms with Crippen molar-refractivity contribution in [1.29, 1.82) is 0 Å². The van der Waals surface area contributed by atoms with Crippen LogP contribution in [0.1, 0.15) is 41.0 Å². The van der Waals surface area contributed by atoms with Crippen LogP contribution in [0.25, 0.3) is 0 Å². The van der Waals surface area contributed by atoms with E-state index in [-0.39, 0.29) is 17.9 Å². The van der Waals surface area contributed by atoms with E-state index >= 15 is 0 Å². The molecule has 0 spiro atoms. The number of hydrogen-bond donors (Lipinski definition) is 1. The predicted octanol–water partition coefficient (Wildman–Crippen LogP) is 2.39. The van der Waals surface area contributed by atoms with Crippen LogP contribution in [0.5, 0.6) is 0 Å². The summed E-state index contributed by atoms with van der Waals surface area (Å²) in [6.45, 7) is 7.79. The second-order valence-electron chi connectivity index (χ2n) is 5.00. The van der Waals surface area contributed by atoms with Crippen LogP contribution in [0, 0.1) is 5.92 Å². The van der Waals surface area contributed by atoms with E-state index in [9.17, 15) is 9.59 Å². The van der Waals surface area contributed by atoms with Crippen molar-refractivity contribution in [2.75, 3.05) is 0 Å². The van der Waals surface area contributed by atoms with E-state index in [0.717, 1.165) is 5.01 Å². The molecule has 0 radical (unpaired) electrons. The number of nitrogens with zero attached hydrogens (tertiary/aromatic N) is 1. The first-order chi connectivity index (χ1) is 9.06. The van der Waals surface area contributed by atoms with E-state index < -0.39 is 0 Å². The Hall–Kier alpha value is -1.94. The molecule has 1 N–H and O–H groups in total. The van der Waals surface area contributed by atoms with Crippen LogP contribution in [0.4, 0.5) is 0 Å². The molecule has 4 nitrogen and oxygen atoms in total. The summed E-state index contributed by atoms with van der Waals surface area (Å²) < 4.78 is 0. The maximum atomic E-state index is 12.2. The molecule has 1 unspecified atom stereocenters. The second kappa shape index (κ2) is 5.36. The van der Waals surface area contributed by atoms with Gasteiger partial charge in [-0.15, -0.1) is 6.58 Å². The largest absolute Gasteiger partial charge is 0.276 e. The molecule has 0 aromatic heterocycles. The first-order valence-corrected chi connectivity index (χ1v) is 6.41. The summed E-state index contributed by atoms with van der Waals surface area (Å²) in [7, 11) is 0. The number of imide groups is 1. The lowest BCUT2D eigenvalue weighted by atomic mass is 10.0. The van der Waals surface area contributed by atoms with E-state index in [1.54, 1.807) is 30.3 Å². The number of fused-ring (bicyclic) bond motifs is 1. The lowest BCUT2D eigenvalue weighted by molar-refractivity contribution is 0.0514. The highest BCUT2D eigenvalue weighted by molar-refractivity contribution is 6.20. The van der Waals surface area contributed by atoms with E-state index in [4.69, 9.17) is 0 Å². The Balaban J connectivity index is 2.22. The van der Waals surface area contributed by atoms with Crippen molar-refractivity contribution in [1.82, 2.24) is 10.4 Å². The minimum atomic E-state index is -0.282. The van der Waals surface area contributed by atoms with Gasteiger partial charge in [-0.05, 0) is 24.5 Å². The predicted molar refractivity (Wildman–Crippen MR) is 73.5 cm³/mol. The van der Waals surface area contributed by atoms with Gasteiger partial charge in [0, 0.05) is 6.04 Å². The number of amides is 2. The van der Waals surface area contributed by atoms with Gasteiger partial charge >= 0.3 is 0 Å². The molecule has 0 saturated carbocycles. The minimum absolute atomic E-state index is 0.0136. The van der Waals surface area contributed by atoms with E-state index in [1.807, 2.05) is 13.8 Å². The lowest BCUT2D eigenvalue weighted by Crippen LogP contribution is -2.49. The molecule has 0 aliphatic carbocycles. The number of benzene rings is 1. The zero-order chi connectivity index (χ0) is 14.0. The highest BCUT2D eigenvalue weighted by Crippen LogP contribution is 2.22. The van der Waals surface area contributed by atoms with Crippen molar-refractivity contribution < 1.29 is 9.59 Å². The van der Waals surface area contributed by atoms with Gasteiger partial charge in [0.2, 0.25) is 0 Å². The van der Waals surface area contributed by atoms with Crippen LogP contribution in [-0.4, -0.2) is 22.9 Å². The summed E-state index contributed by atoms with van der Waals surface area (Å²) in [5.74, 6) is -0.270. The van der Waals surface area contributed by atoms with Crippen molar-refractivity contribution in [3.63, 3.8) is 0 Å².